The van der Waals surface area contributed by atoms with E-state index < -0.39 is 0 Å². The van der Waals surface area contributed by atoms with Gasteiger partial charge in [0.15, 0.2) is 41.7 Å². The van der Waals surface area contributed by atoms with Crippen molar-refractivity contribution in [2.24, 2.45) is 81.4 Å². The summed E-state index contributed by atoms with van der Waals surface area (Å²) in [4.78, 5) is 77.4. The number of nitrogens with zero attached hydrogens (tertiary/aromatic N) is 22. The molecule has 42 nitrogen and oxygen atoms in total. The molecular weight excluding hydrogens is 1680 g/mol. The Morgan fingerprint density at radius 2 is 0.591 bits per heavy atom. The summed E-state index contributed by atoms with van der Waals surface area (Å²) in [6, 6.07) is 27.8. The molecule has 7 aliphatic rings. The van der Waals surface area contributed by atoms with Crippen LogP contribution < -0.4 is 70.0 Å². The number of nitrogens with two attached hydrogens (primary N) is 2. The van der Waals surface area contributed by atoms with Gasteiger partial charge < -0.3 is 103 Å². The van der Waals surface area contributed by atoms with E-state index in [0.29, 0.717) is 37.5 Å². The molecule has 7 unspecified atom stereocenters. The molecule has 0 bridgehead atoms. The van der Waals surface area contributed by atoms with Crippen LogP contribution in [0.1, 0.15) is 129 Å². The highest BCUT2D eigenvalue weighted by atomic mass is 16.4. The van der Waals surface area contributed by atoms with Crippen molar-refractivity contribution in [1.29, 1.82) is 0 Å². The molecule has 0 spiro atoms. The van der Waals surface area contributed by atoms with Crippen molar-refractivity contribution in [2.75, 3.05) is 137 Å². The van der Waals surface area contributed by atoms with Crippen molar-refractivity contribution in [1.82, 2.24) is 97.7 Å². The molecule has 7 aromatic heterocycles. The van der Waals surface area contributed by atoms with Gasteiger partial charge in [-0.2, -0.15) is 0 Å². The van der Waals surface area contributed by atoms with Crippen LogP contribution in [0.5, 0.6) is 0 Å². The zero-order chi connectivity index (χ0) is 96.3. The standard InChI is InChI=1S/C15H25N5O.C14H23N5O.2C13H21N5O.2C12H19N5O.C11H17N5O/c1-11-7-8-13(21-11)9-10-19(5)15-17-12(2)16-14(18(3)4)20(15)6;1-10-6-7-12(20-10)8-9-19(5)14-16-11(2)15-13(17-14)18(3)4;1-9-5-6-11(19-9)7-8-14-12-15-10(2)16-13(17-12)18(3)4;1-9-5-6-11(19-9)7-8-18(4)13-16-10(2)15-12(14-3)17-13;1-8-4-5-10(18-8)6-7-17(3)12-15-9(2)14-11(13)16-12;1-8-4-5-10(18-8)6-7-14-12-16-9(2)15-11(13-3)17-12;1-7-3-4-9(17-7)5-6-13-11-15-8(2)14-10(12)16-11/h7-8,12H,9-10H2,1-6H3;6-7,11H,8-9H2,1-5H3,(H,15,16,17);2*5-6,10H,7-8H2,1-4H3,(H2,14,15,16,17);4-5,9H,6-7H2,1-3H3,(H3,13,14,15,16);4-5,9H,6-7H2,1-3H3,(H3,13,14,15,16,17);3-4,8H,5-6H2,1-2H3,(H4,12,13,14,15,16). The van der Waals surface area contributed by atoms with Crippen LogP contribution in [0.4, 0.5) is 0 Å². The topological polar surface area (TPSA) is 475 Å². The molecule has 0 aliphatic carbocycles. The van der Waals surface area contributed by atoms with Crippen molar-refractivity contribution in [3.8, 4) is 0 Å². The van der Waals surface area contributed by atoms with Crippen LogP contribution in [-0.4, -0.2) is 303 Å². The molecule has 0 saturated carbocycles. The van der Waals surface area contributed by atoms with Crippen molar-refractivity contribution in [2.45, 2.75) is 185 Å². The van der Waals surface area contributed by atoms with Crippen molar-refractivity contribution in [3.63, 3.8) is 0 Å². The minimum atomic E-state index is -0.130. The fourth-order valence-corrected chi connectivity index (χ4v) is 13.2. The van der Waals surface area contributed by atoms with E-state index in [9.17, 15) is 0 Å². The predicted molar refractivity (Wildman–Crippen MR) is 529 cm³/mol. The smallest absolute Gasteiger partial charge is 0.205 e. The molecule has 0 aromatic carbocycles. The lowest BCUT2D eigenvalue weighted by Crippen LogP contribution is -2.61. The summed E-state index contributed by atoms with van der Waals surface area (Å²) >= 11 is 0. The van der Waals surface area contributed by atoms with Crippen LogP contribution in [0.15, 0.2) is 186 Å². The average Bonchev–Trinajstić information content (AvgIpc) is 0.863. The normalized spacial score (nSPS) is 20.3. The molecule has 15 N–H and O–H groups in total. The average molecular weight is 1830 g/mol. The lowest BCUT2D eigenvalue weighted by Gasteiger charge is -2.35. The Hall–Kier alpha value is -13.9. The lowest BCUT2D eigenvalue weighted by atomic mass is 10.3. The fraction of sp³-hybridized carbons (Fsp3) is 0.533. The highest BCUT2D eigenvalue weighted by molar-refractivity contribution is 6.04. The Bertz CT molecular complexity index is 5200. The van der Waals surface area contributed by atoms with Gasteiger partial charge in [-0.15, -0.1) is 0 Å². The molecule has 722 valence electrons. The number of likely N-dealkylation sites (N-methyl/N-ethyl adjacent to an activating group) is 4. The third kappa shape index (κ3) is 35.9. The van der Waals surface area contributed by atoms with E-state index in [1.165, 1.54) is 0 Å². The summed E-state index contributed by atoms with van der Waals surface area (Å²) in [5.41, 5.74) is 11.3. The maximum atomic E-state index is 5.68. The van der Waals surface area contributed by atoms with E-state index >= 15 is 0 Å². The highest BCUT2D eigenvalue weighted by Gasteiger charge is 2.27. The number of aryl methyl sites for hydroxylation is 7. The van der Waals surface area contributed by atoms with E-state index in [2.05, 4.69) is 150 Å². The number of nitrogens with one attached hydrogen (secondary N) is 11. The first-order chi connectivity index (χ1) is 62.8. The van der Waals surface area contributed by atoms with Gasteiger partial charge in [0.05, 0.1) is 6.17 Å². The SMILES string of the molecule is CN=C1NC(=NCCc2ccc(C)o2)NC(C)N1.CN=C1NC(N(C)CCc2ccc(C)o2)=NC(C)N1.Cc1ccc(CCN(C)C2=NC(C)N=C(N(C)C)N2)o1.Cc1ccc(CCN(C)C2=NC(C)N=C(N(C)C)N2C)o1.Cc1ccc(CCN(C)C2=NC(C)N=C(N)N2)o1.Cc1ccc(CCN=C2NC(N(C)C)=NC(C)N2)o1.Cc1ccc(CCN=C2NC(N)=NC(C)N2)o1. The van der Waals surface area contributed by atoms with Gasteiger partial charge in [-0.3, -0.25) is 61.8 Å². The van der Waals surface area contributed by atoms with Gasteiger partial charge in [-0.25, -0.2) is 44.9 Å². The number of hydrogen-bond donors (Lipinski definition) is 13. The third-order valence-corrected chi connectivity index (χ3v) is 19.9. The van der Waals surface area contributed by atoms with Crippen LogP contribution >= 0.6 is 0 Å². The fourth-order valence-electron chi connectivity index (χ4n) is 13.2. The number of rotatable bonds is 21. The Balaban J connectivity index is 0.000000190. The second-order valence-electron chi connectivity index (χ2n) is 32.9. The number of aliphatic imine (C=N–C) groups is 14. The molecule has 14 heterocycles. The summed E-state index contributed by atoms with van der Waals surface area (Å²) in [7, 11) is 25.3. The molecule has 42 heteroatoms. The minimum Gasteiger partial charge on any atom is -0.466 e. The molecule has 7 aromatic rings. The molecule has 132 heavy (non-hydrogen) atoms. The van der Waals surface area contributed by atoms with Crippen LogP contribution in [0.2, 0.25) is 0 Å². The summed E-state index contributed by atoms with van der Waals surface area (Å²) in [6.45, 7) is 32.8. The summed E-state index contributed by atoms with van der Waals surface area (Å²) in [6.07, 6.45) is 5.65. The third-order valence-electron chi connectivity index (χ3n) is 19.9. The first-order valence-electron chi connectivity index (χ1n) is 44.5. The zero-order valence-corrected chi connectivity index (χ0v) is 82.4. The van der Waals surface area contributed by atoms with E-state index in [4.69, 9.17) is 42.4 Å². The van der Waals surface area contributed by atoms with Gasteiger partial charge in [0, 0.05) is 182 Å². The number of hydrogen-bond acceptors (Lipinski definition) is 33. The molecule has 1 fully saturated rings. The second-order valence-corrected chi connectivity index (χ2v) is 32.9. The van der Waals surface area contributed by atoms with Crippen molar-refractivity contribution >= 4 is 83.4 Å². The van der Waals surface area contributed by atoms with Crippen molar-refractivity contribution < 1.29 is 30.9 Å². The molecule has 0 radical (unpaired) electrons. The monoisotopic (exact) mass is 1830 g/mol. The van der Waals surface area contributed by atoms with Gasteiger partial charge in [0.25, 0.3) is 0 Å². The maximum absolute atomic E-state index is 5.68. The summed E-state index contributed by atoms with van der Waals surface area (Å²) in [5.74, 6) is 23.8. The second kappa shape index (κ2) is 51.5. The Labute approximate surface area is 777 Å². The Morgan fingerprint density at radius 3 is 0.962 bits per heavy atom. The minimum absolute atomic E-state index is 0.0308. The number of furan rings is 7. The molecule has 14 rings (SSSR count). The van der Waals surface area contributed by atoms with Gasteiger partial charge in [-0.05, 0) is 182 Å². The van der Waals surface area contributed by atoms with E-state index in [-0.39, 0.29) is 43.2 Å². The quantitative estimate of drug-likeness (QED) is 0.0369. The predicted octanol–water partition coefficient (Wildman–Crippen LogP) is 6.42. The zero-order valence-electron chi connectivity index (χ0n) is 82.4. The Kier molecular flexibility index (Phi) is 40.4. The van der Waals surface area contributed by atoms with E-state index in [1.54, 1.807) is 14.1 Å². The van der Waals surface area contributed by atoms with Crippen LogP contribution in [0, 0.1) is 48.5 Å². The summed E-state index contributed by atoms with van der Waals surface area (Å²) in [5, 5.41) is 34.2. The van der Waals surface area contributed by atoms with E-state index in [1.807, 2.05) is 277 Å². The molecular formula is C90H145N35O7. The number of guanidine groups is 14. The highest BCUT2D eigenvalue weighted by Crippen LogP contribution is 2.17. The van der Waals surface area contributed by atoms with Crippen LogP contribution in [0.25, 0.3) is 0 Å². The molecule has 0 amide bonds. The van der Waals surface area contributed by atoms with E-state index in [0.717, 1.165) is 217 Å². The van der Waals surface area contributed by atoms with Crippen LogP contribution in [-0.2, 0) is 44.9 Å². The van der Waals surface area contributed by atoms with Gasteiger partial charge in [-0.1, -0.05) is 0 Å². The van der Waals surface area contributed by atoms with Gasteiger partial charge in [0.2, 0.25) is 41.7 Å². The van der Waals surface area contributed by atoms with Crippen LogP contribution in [0.3, 0.4) is 0 Å². The molecule has 7 aliphatic heterocycles. The Morgan fingerprint density at radius 1 is 0.303 bits per heavy atom. The largest absolute Gasteiger partial charge is 0.466 e. The first-order valence-corrected chi connectivity index (χ1v) is 44.5. The summed E-state index contributed by atoms with van der Waals surface area (Å²) < 4.78 is 38.7. The van der Waals surface area contributed by atoms with Gasteiger partial charge in [0.1, 0.15) is 118 Å². The lowest BCUT2D eigenvalue weighted by molar-refractivity contribution is 0.394. The first kappa shape index (κ1) is 104. The maximum Gasteiger partial charge on any atom is 0.205 e. The molecule has 7 atom stereocenters. The van der Waals surface area contributed by atoms with Gasteiger partial charge >= 0.3 is 0 Å². The van der Waals surface area contributed by atoms with Crippen molar-refractivity contribution in [3.05, 3.63) is 166 Å². The molecule has 1 saturated heterocycles.